The van der Waals surface area contributed by atoms with E-state index in [-0.39, 0.29) is 18.0 Å². The van der Waals surface area contributed by atoms with E-state index in [0.29, 0.717) is 10.6 Å². The van der Waals surface area contributed by atoms with Gasteiger partial charge in [0.1, 0.15) is 11.6 Å². The molecular formula is C9H8ClFO. The van der Waals surface area contributed by atoms with E-state index in [9.17, 15) is 9.18 Å². The molecule has 0 fully saturated rings. The average Bonchev–Trinajstić information content (AvgIpc) is 1.94. The van der Waals surface area contributed by atoms with E-state index in [1.807, 2.05) is 0 Å². The normalized spacial score (nSPS) is 9.92. The van der Waals surface area contributed by atoms with Gasteiger partial charge in [-0.15, -0.1) is 0 Å². The van der Waals surface area contributed by atoms with Gasteiger partial charge in [-0.1, -0.05) is 17.7 Å². The zero-order valence-corrected chi connectivity index (χ0v) is 7.36. The summed E-state index contributed by atoms with van der Waals surface area (Å²) >= 11 is 5.68. The van der Waals surface area contributed by atoms with Crippen molar-refractivity contribution in [2.75, 3.05) is 0 Å². The summed E-state index contributed by atoms with van der Waals surface area (Å²) in [5.74, 6) is -0.365. The van der Waals surface area contributed by atoms with E-state index in [0.717, 1.165) is 0 Å². The Balaban J connectivity index is 2.93. The smallest absolute Gasteiger partial charge is 0.134 e. The van der Waals surface area contributed by atoms with Crippen molar-refractivity contribution in [1.29, 1.82) is 0 Å². The third-order valence-corrected chi connectivity index (χ3v) is 1.81. The average molecular weight is 187 g/mol. The van der Waals surface area contributed by atoms with E-state index < -0.39 is 0 Å². The van der Waals surface area contributed by atoms with Crippen LogP contribution in [0.1, 0.15) is 12.5 Å². The summed E-state index contributed by atoms with van der Waals surface area (Å²) in [4.78, 5) is 10.7. The molecule has 0 N–H and O–H groups in total. The molecule has 0 aliphatic heterocycles. The van der Waals surface area contributed by atoms with Crippen LogP contribution in [-0.2, 0) is 11.2 Å². The van der Waals surface area contributed by atoms with Crippen molar-refractivity contribution in [3.05, 3.63) is 34.6 Å². The molecule has 0 amide bonds. The maximum Gasteiger partial charge on any atom is 0.134 e. The summed E-state index contributed by atoms with van der Waals surface area (Å²) in [5.41, 5.74) is 0.672. The Morgan fingerprint density at radius 3 is 2.75 bits per heavy atom. The lowest BCUT2D eigenvalue weighted by Crippen LogP contribution is -1.97. The molecule has 12 heavy (non-hydrogen) atoms. The largest absolute Gasteiger partial charge is 0.300 e. The maximum absolute atomic E-state index is 12.5. The van der Waals surface area contributed by atoms with Gasteiger partial charge in [0.25, 0.3) is 0 Å². The lowest BCUT2D eigenvalue weighted by molar-refractivity contribution is -0.116. The zero-order valence-electron chi connectivity index (χ0n) is 6.60. The van der Waals surface area contributed by atoms with Gasteiger partial charge >= 0.3 is 0 Å². The highest BCUT2D eigenvalue weighted by Crippen LogP contribution is 2.17. The fourth-order valence-corrected chi connectivity index (χ4v) is 1.17. The molecule has 0 saturated heterocycles. The van der Waals surface area contributed by atoms with Gasteiger partial charge in [-0.05, 0) is 24.6 Å². The summed E-state index contributed by atoms with van der Waals surface area (Å²) < 4.78 is 12.5. The molecule has 0 spiro atoms. The molecule has 0 aliphatic rings. The van der Waals surface area contributed by atoms with Crippen LogP contribution in [0.15, 0.2) is 18.2 Å². The van der Waals surface area contributed by atoms with Gasteiger partial charge in [0, 0.05) is 11.4 Å². The van der Waals surface area contributed by atoms with Crippen molar-refractivity contribution in [1.82, 2.24) is 0 Å². The second-order valence-corrected chi connectivity index (χ2v) is 3.02. The van der Waals surface area contributed by atoms with Crippen molar-refractivity contribution < 1.29 is 9.18 Å². The molecule has 0 aromatic heterocycles. The monoisotopic (exact) mass is 186 g/mol. The van der Waals surface area contributed by atoms with Crippen LogP contribution in [0.3, 0.4) is 0 Å². The number of ketones is 1. The Hall–Kier alpha value is -0.890. The highest BCUT2D eigenvalue weighted by Gasteiger charge is 2.03. The van der Waals surface area contributed by atoms with Crippen LogP contribution < -0.4 is 0 Å². The van der Waals surface area contributed by atoms with Gasteiger partial charge in [-0.25, -0.2) is 4.39 Å². The number of Topliss-reactive ketones (excluding diaryl/α,β-unsaturated/α-hetero) is 1. The third-order valence-electron chi connectivity index (χ3n) is 1.45. The minimum atomic E-state index is -0.382. The van der Waals surface area contributed by atoms with Crippen LogP contribution in [0.25, 0.3) is 0 Å². The Bertz CT molecular complexity index is 309. The van der Waals surface area contributed by atoms with Crippen molar-refractivity contribution in [2.45, 2.75) is 13.3 Å². The van der Waals surface area contributed by atoms with E-state index in [1.165, 1.54) is 25.1 Å². The first-order chi connectivity index (χ1) is 5.59. The van der Waals surface area contributed by atoms with Crippen LogP contribution in [0.2, 0.25) is 5.02 Å². The van der Waals surface area contributed by atoms with Gasteiger partial charge in [0.2, 0.25) is 0 Å². The number of hydrogen-bond donors (Lipinski definition) is 0. The lowest BCUT2D eigenvalue weighted by Gasteiger charge is -2.00. The van der Waals surface area contributed by atoms with Crippen LogP contribution >= 0.6 is 11.6 Å². The first kappa shape index (κ1) is 9.20. The number of benzene rings is 1. The van der Waals surface area contributed by atoms with Crippen molar-refractivity contribution in [3.63, 3.8) is 0 Å². The topological polar surface area (TPSA) is 17.1 Å². The second kappa shape index (κ2) is 3.68. The highest BCUT2D eigenvalue weighted by molar-refractivity contribution is 6.31. The highest BCUT2D eigenvalue weighted by atomic mass is 35.5. The van der Waals surface area contributed by atoms with Crippen LogP contribution in [0.4, 0.5) is 4.39 Å². The minimum absolute atomic E-state index is 0.0171. The molecule has 0 bridgehead atoms. The molecule has 0 unspecified atom stereocenters. The summed E-state index contributed by atoms with van der Waals surface area (Å²) in [6, 6.07) is 4.03. The number of rotatable bonds is 2. The molecular weight excluding hydrogens is 179 g/mol. The van der Waals surface area contributed by atoms with E-state index in [4.69, 9.17) is 11.6 Å². The van der Waals surface area contributed by atoms with E-state index in [2.05, 4.69) is 0 Å². The third kappa shape index (κ3) is 2.31. The van der Waals surface area contributed by atoms with Gasteiger partial charge in [-0.3, -0.25) is 4.79 Å². The predicted octanol–water partition coefficient (Wildman–Crippen LogP) is 2.61. The molecule has 0 saturated carbocycles. The standard InChI is InChI=1S/C9H8ClFO/c1-6(12)4-7-2-3-8(11)5-9(7)10/h2-3,5H,4H2,1H3. The van der Waals surface area contributed by atoms with Crippen molar-refractivity contribution in [3.8, 4) is 0 Å². The number of carbonyl (C=O) groups excluding carboxylic acids is 1. The molecule has 64 valence electrons. The molecule has 1 aromatic carbocycles. The van der Waals surface area contributed by atoms with Crippen LogP contribution in [0, 0.1) is 5.82 Å². The SMILES string of the molecule is CC(=O)Cc1ccc(F)cc1Cl. The maximum atomic E-state index is 12.5. The predicted molar refractivity (Wildman–Crippen MR) is 45.8 cm³/mol. The first-order valence-corrected chi connectivity index (χ1v) is 3.91. The second-order valence-electron chi connectivity index (χ2n) is 2.61. The molecule has 1 rings (SSSR count). The Labute approximate surface area is 75.2 Å². The van der Waals surface area contributed by atoms with Crippen LogP contribution in [-0.4, -0.2) is 5.78 Å². The fourth-order valence-electron chi connectivity index (χ4n) is 0.933. The van der Waals surface area contributed by atoms with Crippen molar-refractivity contribution in [2.24, 2.45) is 0 Å². The minimum Gasteiger partial charge on any atom is -0.300 e. The zero-order chi connectivity index (χ0) is 9.14. The summed E-state index contributed by atoms with van der Waals surface area (Å²) in [5, 5.41) is 0.310. The number of hydrogen-bond acceptors (Lipinski definition) is 1. The number of carbonyl (C=O) groups is 1. The quantitative estimate of drug-likeness (QED) is 0.694. The lowest BCUT2D eigenvalue weighted by atomic mass is 10.1. The molecule has 0 radical (unpaired) electrons. The molecule has 3 heteroatoms. The molecule has 1 nitrogen and oxygen atoms in total. The summed E-state index contributed by atoms with van der Waals surface area (Å²) in [7, 11) is 0. The molecule has 0 aliphatic carbocycles. The Kier molecular flexibility index (Phi) is 2.82. The Morgan fingerprint density at radius 2 is 2.25 bits per heavy atom. The Morgan fingerprint density at radius 1 is 1.58 bits per heavy atom. The fraction of sp³-hybridized carbons (Fsp3) is 0.222. The van der Waals surface area contributed by atoms with Gasteiger partial charge in [0.05, 0.1) is 0 Å². The summed E-state index contributed by atoms with van der Waals surface area (Å²) in [6.07, 6.45) is 0.263. The summed E-state index contributed by atoms with van der Waals surface area (Å²) in [6.45, 7) is 1.47. The molecule has 0 atom stereocenters. The van der Waals surface area contributed by atoms with Crippen LogP contribution in [0.5, 0.6) is 0 Å². The number of halogens is 2. The molecule has 1 aromatic rings. The van der Waals surface area contributed by atoms with Crippen molar-refractivity contribution >= 4 is 17.4 Å². The van der Waals surface area contributed by atoms with Gasteiger partial charge in [-0.2, -0.15) is 0 Å². The first-order valence-electron chi connectivity index (χ1n) is 3.53. The van der Waals surface area contributed by atoms with E-state index in [1.54, 1.807) is 0 Å². The van der Waals surface area contributed by atoms with Gasteiger partial charge in [0.15, 0.2) is 0 Å². The molecule has 0 heterocycles. The van der Waals surface area contributed by atoms with E-state index >= 15 is 0 Å². The van der Waals surface area contributed by atoms with Gasteiger partial charge < -0.3 is 0 Å².